The van der Waals surface area contributed by atoms with E-state index in [0.29, 0.717) is 44.5 Å². The minimum Gasteiger partial charge on any atom is -0.495 e. The highest BCUT2D eigenvalue weighted by Gasteiger charge is 2.24. The van der Waals surface area contributed by atoms with Gasteiger partial charge in [0.05, 0.1) is 24.4 Å². The van der Waals surface area contributed by atoms with Gasteiger partial charge in [0.15, 0.2) is 11.5 Å². The van der Waals surface area contributed by atoms with Gasteiger partial charge in [-0.25, -0.2) is 10.2 Å². The maximum absolute atomic E-state index is 13.6. The summed E-state index contributed by atoms with van der Waals surface area (Å²) in [5.74, 6) is 0.693. The number of amides is 1. The second kappa shape index (κ2) is 12.1. The lowest BCUT2D eigenvalue weighted by Gasteiger charge is -2.09. The lowest BCUT2D eigenvalue weighted by Crippen LogP contribution is -2.19. The van der Waals surface area contributed by atoms with Crippen molar-refractivity contribution in [2.45, 2.75) is 0 Å². The summed E-state index contributed by atoms with van der Waals surface area (Å²) in [4.78, 5) is 29.7. The predicted octanol–water partition coefficient (Wildman–Crippen LogP) is 7.73. The third-order valence-corrected chi connectivity index (χ3v) is 8.09. The SMILES string of the molecule is COc1ccc(Br)c2c(-c3ccccc3Cl)c(C(=O)NN=Cc3cc(Br)ccc3OC(=O)c3ccc4c(c3)OCO4)[nH]c12. The van der Waals surface area contributed by atoms with Crippen molar-refractivity contribution in [1.82, 2.24) is 10.4 Å². The first-order chi connectivity index (χ1) is 20.8. The highest BCUT2D eigenvalue weighted by Crippen LogP contribution is 2.43. The molecule has 1 amide bonds. The fourth-order valence-electron chi connectivity index (χ4n) is 4.62. The molecule has 9 nitrogen and oxygen atoms in total. The first-order valence-corrected chi connectivity index (χ1v) is 14.7. The second-order valence-corrected chi connectivity index (χ2v) is 11.4. The molecule has 0 aliphatic carbocycles. The van der Waals surface area contributed by atoms with Gasteiger partial charge in [0.2, 0.25) is 6.79 Å². The molecule has 0 atom stereocenters. The number of H-pyrrole nitrogens is 1. The highest BCUT2D eigenvalue weighted by atomic mass is 79.9. The Morgan fingerprint density at radius 1 is 1.00 bits per heavy atom. The van der Waals surface area contributed by atoms with E-state index in [1.807, 2.05) is 24.3 Å². The smallest absolute Gasteiger partial charge is 0.343 e. The van der Waals surface area contributed by atoms with Crippen molar-refractivity contribution < 1.29 is 28.5 Å². The van der Waals surface area contributed by atoms with E-state index in [4.69, 9.17) is 30.5 Å². The Labute approximate surface area is 267 Å². The van der Waals surface area contributed by atoms with Crippen LogP contribution in [-0.4, -0.2) is 37.0 Å². The lowest BCUT2D eigenvalue weighted by atomic mass is 10.0. The molecular weight excluding hydrogens is 706 g/mol. The Hall–Kier alpha value is -4.32. The van der Waals surface area contributed by atoms with E-state index in [2.05, 4.69) is 47.4 Å². The Kier molecular flexibility index (Phi) is 8.11. The lowest BCUT2D eigenvalue weighted by molar-refractivity contribution is 0.0733. The van der Waals surface area contributed by atoms with Crippen LogP contribution < -0.4 is 24.4 Å². The largest absolute Gasteiger partial charge is 0.495 e. The van der Waals surface area contributed by atoms with Gasteiger partial charge in [-0.15, -0.1) is 0 Å². The van der Waals surface area contributed by atoms with E-state index >= 15 is 0 Å². The molecule has 1 aliphatic rings. The number of carbonyl (C=O) groups is 2. The number of benzene rings is 4. The van der Waals surface area contributed by atoms with Gasteiger partial charge in [-0.2, -0.15) is 5.10 Å². The molecule has 216 valence electrons. The Morgan fingerprint density at radius 2 is 1.79 bits per heavy atom. The summed E-state index contributed by atoms with van der Waals surface area (Å²) in [5.41, 5.74) is 5.38. The Balaban J connectivity index is 1.30. The second-order valence-electron chi connectivity index (χ2n) is 9.19. The monoisotopic (exact) mass is 723 g/mol. The molecule has 2 N–H and O–H groups in total. The van der Waals surface area contributed by atoms with E-state index in [1.54, 1.807) is 55.6 Å². The molecule has 5 aromatic rings. The molecule has 0 fully saturated rings. The quantitative estimate of drug-likeness (QED) is 0.0769. The van der Waals surface area contributed by atoms with Crippen LogP contribution in [0.4, 0.5) is 0 Å². The molecule has 0 spiro atoms. The van der Waals surface area contributed by atoms with Gasteiger partial charge >= 0.3 is 5.97 Å². The summed E-state index contributed by atoms with van der Waals surface area (Å²) in [6.07, 6.45) is 1.39. The standard InChI is InChI=1S/C31H20Br2ClN3O6/c1-40-24-11-8-20(33)27-26(19-4-2-3-5-21(19)34)29(36-28(24)27)30(38)37-35-14-17-12-18(32)7-10-22(17)43-31(39)16-6-9-23-25(13-16)42-15-41-23/h2-14,36H,15H2,1H3,(H,37,38). The van der Waals surface area contributed by atoms with E-state index in [-0.39, 0.29) is 23.8 Å². The molecule has 43 heavy (non-hydrogen) atoms. The average Bonchev–Trinajstić information content (AvgIpc) is 3.64. The molecule has 0 unspecified atom stereocenters. The van der Waals surface area contributed by atoms with Gasteiger partial charge in [0.25, 0.3) is 5.91 Å². The summed E-state index contributed by atoms with van der Waals surface area (Å²) in [5, 5.41) is 5.37. The summed E-state index contributed by atoms with van der Waals surface area (Å²) >= 11 is 13.6. The van der Waals surface area contributed by atoms with Crippen molar-refractivity contribution in [3.05, 3.63) is 104 Å². The molecule has 2 heterocycles. The van der Waals surface area contributed by atoms with E-state index in [9.17, 15) is 9.59 Å². The number of ether oxygens (including phenoxy) is 4. The summed E-state index contributed by atoms with van der Waals surface area (Å²) in [6.45, 7) is 0.0933. The van der Waals surface area contributed by atoms with Crippen molar-refractivity contribution in [3.63, 3.8) is 0 Å². The van der Waals surface area contributed by atoms with Crippen molar-refractivity contribution in [2.75, 3.05) is 13.9 Å². The molecular formula is C31H20Br2ClN3O6. The molecule has 0 radical (unpaired) electrons. The van der Waals surface area contributed by atoms with Crippen LogP contribution in [0.25, 0.3) is 22.0 Å². The molecule has 4 aromatic carbocycles. The van der Waals surface area contributed by atoms with E-state index in [1.165, 1.54) is 6.21 Å². The number of esters is 1. The van der Waals surface area contributed by atoms with Crippen molar-refractivity contribution in [2.24, 2.45) is 5.10 Å². The number of aromatic amines is 1. The summed E-state index contributed by atoms with van der Waals surface area (Å²) in [7, 11) is 1.55. The van der Waals surface area contributed by atoms with Crippen LogP contribution >= 0.6 is 43.5 Å². The third kappa shape index (κ3) is 5.71. The molecule has 0 bridgehead atoms. The van der Waals surface area contributed by atoms with Crippen LogP contribution in [0.1, 0.15) is 26.4 Å². The molecule has 0 saturated heterocycles. The number of fused-ring (bicyclic) bond motifs is 2. The number of aromatic nitrogens is 1. The maximum Gasteiger partial charge on any atom is 0.343 e. The van der Waals surface area contributed by atoms with Crippen LogP contribution in [0.5, 0.6) is 23.0 Å². The number of hydrogen-bond acceptors (Lipinski definition) is 7. The summed E-state index contributed by atoms with van der Waals surface area (Å²) in [6, 6.07) is 20.7. The van der Waals surface area contributed by atoms with Gasteiger partial charge in [-0.05, 0) is 54.6 Å². The normalized spacial score (nSPS) is 12.1. The van der Waals surface area contributed by atoms with Gasteiger partial charge in [-0.3, -0.25) is 4.79 Å². The minimum atomic E-state index is -0.596. The third-order valence-electron chi connectivity index (χ3n) is 6.61. The number of nitrogens with one attached hydrogen (secondary N) is 2. The zero-order valence-corrected chi connectivity index (χ0v) is 26.2. The zero-order chi connectivity index (χ0) is 30.1. The van der Waals surface area contributed by atoms with Crippen LogP contribution in [0.15, 0.2) is 86.8 Å². The topological polar surface area (TPSA) is 111 Å². The van der Waals surface area contributed by atoms with E-state index in [0.717, 1.165) is 14.3 Å². The highest BCUT2D eigenvalue weighted by molar-refractivity contribution is 9.11. The predicted molar refractivity (Wildman–Crippen MR) is 170 cm³/mol. The fraction of sp³-hybridized carbons (Fsp3) is 0.0645. The molecule has 12 heteroatoms. The number of rotatable bonds is 7. The number of hydrogen-bond donors (Lipinski definition) is 2. The first kappa shape index (κ1) is 28.8. The van der Waals surface area contributed by atoms with Gasteiger partial charge in [0.1, 0.15) is 17.2 Å². The van der Waals surface area contributed by atoms with Gasteiger partial charge in [-0.1, -0.05) is 61.7 Å². The van der Waals surface area contributed by atoms with Crippen LogP contribution in [0.2, 0.25) is 5.02 Å². The van der Waals surface area contributed by atoms with Gasteiger partial charge < -0.3 is 23.9 Å². The average molecular weight is 726 g/mol. The molecule has 6 rings (SSSR count). The maximum atomic E-state index is 13.6. The van der Waals surface area contributed by atoms with Crippen LogP contribution in [0, 0.1) is 0 Å². The number of carbonyl (C=O) groups excluding carboxylic acids is 2. The zero-order valence-electron chi connectivity index (χ0n) is 22.2. The van der Waals surface area contributed by atoms with Gasteiger partial charge in [0, 0.05) is 36.0 Å². The minimum absolute atomic E-state index is 0.0933. The fourth-order valence-corrected chi connectivity index (χ4v) is 5.76. The summed E-state index contributed by atoms with van der Waals surface area (Å²) < 4.78 is 23.3. The number of hydrazone groups is 1. The Bertz CT molecular complexity index is 1940. The molecule has 1 aromatic heterocycles. The van der Waals surface area contributed by atoms with Crippen LogP contribution in [-0.2, 0) is 0 Å². The number of methoxy groups -OCH3 is 1. The molecule has 0 saturated carbocycles. The van der Waals surface area contributed by atoms with E-state index < -0.39 is 11.9 Å². The van der Waals surface area contributed by atoms with Crippen molar-refractivity contribution in [3.8, 4) is 34.1 Å². The van der Waals surface area contributed by atoms with Crippen molar-refractivity contribution >= 4 is 72.5 Å². The molecule has 1 aliphatic heterocycles. The Morgan fingerprint density at radius 3 is 2.60 bits per heavy atom. The first-order valence-electron chi connectivity index (χ1n) is 12.7. The number of nitrogens with zero attached hydrogens (tertiary/aromatic N) is 1. The number of halogens is 3. The van der Waals surface area contributed by atoms with Crippen LogP contribution in [0.3, 0.4) is 0 Å². The van der Waals surface area contributed by atoms with Crippen molar-refractivity contribution in [1.29, 1.82) is 0 Å².